The van der Waals surface area contributed by atoms with E-state index in [-0.39, 0.29) is 25.0 Å². The number of para-hydroxylation sites is 1. The number of ether oxygens (including phenoxy) is 1. The Kier molecular flexibility index (Phi) is 7.84. The summed E-state index contributed by atoms with van der Waals surface area (Å²) in [5, 5.41) is 8.03. The second kappa shape index (κ2) is 10.6. The number of urea groups is 1. The summed E-state index contributed by atoms with van der Waals surface area (Å²) < 4.78 is 18.4. The van der Waals surface area contributed by atoms with Gasteiger partial charge in [-0.2, -0.15) is 0 Å². The summed E-state index contributed by atoms with van der Waals surface area (Å²) in [6.45, 7) is 4.81. The van der Waals surface area contributed by atoms with Crippen LogP contribution in [0, 0.1) is 5.82 Å². The Morgan fingerprint density at radius 3 is 2.44 bits per heavy atom. The summed E-state index contributed by atoms with van der Waals surface area (Å²) in [6.07, 6.45) is 1.65. The summed E-state index contributed by atoms with van der Waals surface area (Å²) in [5.74, 6) is -0.0453. The van der Waals surface area contributed by atoms with Gasteiger partial charge in [0, 0.05) is 30.8 Å². The summed E-state index contributed by atoms with van der Waals surface area (Å²) in [7, 11) is 0. The predicted octanol–water partition coefficient (Wildman–Crippen LogP) is 2.62. The van der Waals surface area contributed by atoms with Gasteiger partial charge >= 0.3 is 6.03 Å². The number of halogens is 1. The molecule has 0 fully saturated rings. The van der Waals surface area contributed by atoms with E-state index in [9.17, 15) is 14.0 Å². The molecular weight excluding hydrogens is 349 g/mol. The molecule has 2 rings (SSSR count). The molecule has 0 aliphatic heterocycles. The maximum atomic E-state index is 12.8. The van der Waals surface area contributed by atoms with Crippen molar-refractivity contribution < 1.29 is 18.7 Å². The normalized spacial score (nSPS) is 9.96. The molecule has 0 spiro atoms. The highest BCUT2D eigenvalue weighted by molar-refractivity contribution is 5.94. The van der Waals surface area contributed by atoms with Crippen LogP contribution in [0.3, 0.4) is 0 Å². The fourth-order valence-electron chi connectivity index (χ4n) is 2.23. The van der Waals surface area contributed by atoms with Gasteiger partial charge in [0.25, 0.3) is 5.91 Å². The fourth-order valence-corrected chi connectivity index (χ4v) is 2.23. The first kappa shape index (κ1) is 20.0. The molecular formula is C20H22FN3O3. The summed E-state index contributed by atoms with van der Waals surface area (Å²) in [5.41, 5.74) is 1.20. The van der Waals surface area contributed by atoms with Gasteiger partial charge in [0.15, 0.2) is 0 Å². The van der Waals surface area contributed by atoms with E-state index >= 15 is 0 Å². The van der Waals surface area contributed by atoms with E-state index in [4.69, 9.17) is 4.74 Å². The zero-order chi connectivity index (χ0) is 19.5. The van der Waals surface area contributed by atoms with E-state index in [0.717, 1.165) is 5.56 Å². The minimum Gasteiger partial charge on any atom is -0.489 e. The van der Waals surface area contributed by atoms with E-state index in [2.05, 4.69) is 22.5 Å². The monoisotopic (exact) mass is 371 g/mol. The summed E-state index contributed by atoms with van der Waals surface area (Å²) in [4.78, 5) is 23.7. The molecule has 0 heterocycles. The first-order valence-corrected chi connectivity index (χ1v) is 8.47. The quantitative estimate of drug-likeness (QED) is 0.468. The van der Waals surface area contributed by atoms with Gasteiger partial charge in [0.2, 0.25) is 0 Å². The minimum absolute atomic E-state index is 0.253. The molecule has 0 atom stereocenters. The van der Waals surface area contributed by atoms with Gasteiger partial charge in [-0.05, 0) is 30.3 Å². The highest BCUT2D eigenvalue weighted by atomic mass is 19.1. The number of hydrogen-bond donors (Lipinski definition) is 3. The zero-order valence-corrected chi connectivity index (χ0v) is 14.8. The van der Waals surface area contributed by atoms with Crippen LogP contribution in [0.4, 0.5) is 9.18 Å². The summed E-state index contributed by atoms with van der Waals surface area (Å²) >= 11 is 0. The molecule has 0 aromatic heterocycles. The molecule has 0 aliphatic rings. The van der Waals surface area contributed by atoms with Crippen molar-refractivity contribution in [3.63, 3.8) is 0 Å². The molecule has 0 aliphatic carbocycles. The number of hydrogen-bond acceptors (Lipinski definition) is 3. The largest absolute Gasteiger partial charge is 0.489 e. The van der Waals surface area contributed by atoms with Crippen molar-refractivity contribution in [3.05, 3.63) is 78.1 Å². The van der Waals surface area contributed by atoms with Crippen LogP contribution in [0.25, 0.3) is 0 Å². The van der Waals surface area contributed by atoms with E-state index in [0.29, 0.717) is 24.5 Å². The minimum atomic E-state index is -0.402. The van der Waals surface area contributed by atoms with Gasteiger partial charge in [-0.3, -0.25) is 4.79 Å². The Morgan fingerprint density at radius 1 is 1.00 bits per heavy atom. The average Bonchev–Trinajstić information content (AvgIpc) is 2.69. The highest BCUT2D eigenvalue weighted by Crippen LogP contribution is 2.17. The SMILES string of the molecule is C=CCOc1ccccc1CNC(=O)NCCNC(=O)c1ccc(F)cc1. The third kappa shape index (κ3) is 6.81. The van der Waals surface area contributed by atoms with Crippen LogP contribution in [0.15, 0.2) is 61.2 Å². The Balaban J connectivity index is 1.68. The molecule has 7 heteroatoms. The van der Waals surface area contributed by atoms with Gasteiger partial charge in [-0.15, -0.1) is 0 Å². The third-order valence-corrected chi connectivity index (χ3v) is 3.57. The highest BCUT2D eigenvalue weighted by Gasteiger charge is 2.07. The molecule has 0 saturated heterocycles. The van der Waals surface area contributed by atoms with Crippen molar-refractivity contribution >= 4 is 11.9 Å². The molecule has 0 unspecified atom stereocenters. The number of amides is 3. The second-order valence-electron chi connectivity index (χ2n) is 5.58. The van der Waals surface area contributed by atoms with Gasteiger partial charge in [-0.25, -0.2) is 9.18 Å². The summed E-state index contributed by atoms with van der Waals surface area (Å²) in [6, 6.07) is 12.3. The van der Waals surface area contributed by atoms with Crippen molar-refractivity contribution in [2.45, 2.75) is 6.54 Å². The lowest BCUT2D eigenvalue weighted by molar-refractivity contribution is 0.0953. The maximum absolute atomic E-state index is 12.8. The average molecular weight is 371 g/mol. The fraction of sp³-hybridized carbons (Fsp3) is 0.200. The van der Waals surface area contributed by atoms with E-state index in [1.807, 2.05) is 24.3 Å². The zero-order valence-electron chi connectivity index (χ0n) is 14.8. The van der Waals surface area contributed by atoms with Gasteiger partial charge in [-0.1, -0.05) is 30.9 Å². The second-order valence-corrected chi connectivity index (χ2v) is 5.58. The predicted molar refractivity (Wildman–Crippen MR) is 101 cm³/mol. The lowest BCUT2D eigenvalue weighted by Crippen LogP contribution is -2.40. The van der Waals surface area contributed by atoms with Crippen molar-refractivity contribution in [1.29, 1.82) is 0 Å². The Morgan fingerprint density at radius 2 is 1.70 bits per heavy atom. The third-order valence-electron chi connectivity index (χ3n) is 3.57. The lowest BCUT2D eigenvalue weighted by Gasteiger charge is -2.12. The van der Waals surface area contributed by atoms with Crippen LogP contribution in [-0.4, -0.2) is 31.6 Å². The standard InChI is InChI=1S/C20H22FN3O3/c1-2-13-27-18-6-4-3-5-16(18)14-24-20(26)23-12-11-22-19(25)15-7-9-17(21)10-8-15/h2-10H,1,11-14H2,(H,22,25)(H2,23,24,26). The lowest BCUT2D eigenvalue weighted by atomic mass is 10.2. The molecule has 0 saturated carbocycles. The van der Waals surface area contributed by atoms with Crippen LogP contribution in [0.1, 0.15) is 15.9 Å². The van der Waals surface area contributed by atoms with Crippen molar-refractivity contribution in [2.75, 3.05) is 19.7 Å². The molecule has 0 radical (unpaired) electrons. The Bertz CT molecular complexity index is 778. The van der Waals surface area contributed by atoms with Crippen LogP contribution < -0.4 is 20.7 Å². The number of rotatable bonds is 9. The molecule has 6 nitrogen and oxygen atoms in total. The van der Waals surface area contributed by atoms with Gasteiger partial charge in [0.05, 0.1) is 0 Å². The van der Waals surface area contributed by atoms with E-state index < -0.39 is 5.82 Å². The van der Waals surface area contributed by atoms with Crippen LogP contribution in [-0.2, 0) is 6.54 Å². The number of carbonyl (C=O) groups excluding carboxylic acids is 2. The molecule has 3 N–H and O–H groups in total. The maximum Gasteiger partial charge on any atom is 0.315 e. The van der Waals surface area contributed by atoms with Crippen molar-refractivity contribution in [1.82, 2.24) is 16.0 Å². The molecule has 3 amide bonds. The first-order chi connectivity index (χ1) is 13.1. The van der Waals surface area contributed by atoms with E-state index in [1.54, 1.807) is 6.08 Å². The smallest absolute Gasteiger partial charge is 0.315 e. The van der Waals surface area contributed by atoms with E-state index in [1.165, 1.54) is 24.3 Å². The van der Waals surface area contributed by atoms with Crippen LogP contribution in [0.2, 0.25) is 0 Å². The number of nitrogens with one attached hydrogen (secondary N) is 3. The first-order valence-electron chi connectivity index (χ1n) is 8.47. The van der Waals surface area contributed by atoms with Crippen LogP contribution >= 0.6 is 0 Å². The van der Waals surface area contributed by atoms with Crippen LogP contribution in [0.5, 0.6) is 5.75 Å². The molecule has 2 aromatic carbocycles. The molecule has 0 bridgehead atoms. The Labute approximate surface area is 157 Å². The molecule has 27 heavy (non-hydrogen) atoms. The number of carbonyl (C=O) groups is 2. The van der Waals surface area contributed by atoms with Crippen molar-refractivity contribution in [3.8, 4) is 5.75 Å². The molecule has 142 valence electrons. The topological polar surface area (TPSA) is 79.5 Å². The number of benzene rings is 2. The van der Waals surface area contributed by atoms with Gasteiger partial charge < -0.3 is 20.7 Å². The molecule has 2 aromatic rings. The Hall–Kier alpha value is -3.35. The van der Waals surface area contributed by atoms with Gasteiger partial charge in [0.1, 0.15) is 18.2 Å². The van der Waals surface area contributed by atoms with Crippen molar-refractivity contribution in [2.24, 2.45) is 0 Å².